The Morgan fingerprint density at radius 3 is 2.41 bits per heavy atom. The molecule has 0 bridgehead atoms. The van der Waals surface area contributed by atoms with Gasteiger partial charge in [0.1, 0.15) is 0 Å². The van der Waals surface area contributed by atoms with Crippen LogP contribution in [-0.4, -0.2) is 41.9 Å². The molecule has 1 amide bonds. The minimum atomic E-state index is -3.53. The minimum absolute atomic E-state index is 0.00107. The van der Waals surface area contributed by atoms with Gasteiger partial charge in [-0.25, -0.2) is 8.42 Å². The number of hydrogen-bond acceptors (Lipinski definition) is 6. The summed E-state index contributed by atoms with van der Waals surface area (Å²) in [6.45, 7) is 5.16. The molecule has 1 N–H and O–H groups in total. The van der Waals surface area contributed by atoms with Gasteiger partial charge >= 0.3 is 6.01 Å². The quantitative estimate of drug-likeness (QED) is 0.609. The largest absolute Gasteiger partial charge is 0.407 e. The Kier molecular flexibility index (Phi) is 6.38. The van der Waals surface area contributed by atoms with Crippen LogP contribution in [0.4, 0.5) is 6.01 Å². The smallest absolute Gasteiger partial charge is 0.322 e. The lowest BCUT2D eigenvalue weighted by atomic mass is 10.0. The second-order valence-corrected chi connectivity index (χ2v) is 9.98. The summed E-state index contributed by atoms with van der Waals surface area (Å²) in [5, 5.41) is 10.4. The Balaban J connectivity index is 1.40. The van der Waals surface area contributed by atoms with Gasteiger partial charge in [0.25, 0.3) is 5.91 Å². The van der Waals surface area contributed by atoms with Crippen molar-refractivity contribution >= 4 is 21.9 Å². The predicted octanol–water partition coefficient (Wildman–Crippen LogP) is 3.70. The monoisotopic (exact) mass is 454 g/mol. The molecule has 8 nitrogen and oxygen atoms in total. The average Bonchev–Trinajstić information content (AvgIpc) is 3.23. The van der Waals surface area contributed by atoms with Crippen molar-refractivity contribution in [3.63, 3.8) is 0 Å². The number of aryl methyl sites for hydroxylation is 2. The molecular weight excluding hydrogens is 428 g/mol. The normalized spacial score (nSPS) is 14.9. The van der Waals surface area contributed by atoms with Crippen LogP contribution in [0.5, 0.6) is 0 Å². The number of amides is 1. The van der Waals surface area contributed by atoms with E-state index in [1.54, 1.807) is 0 Å². The van der Waals surface area contributed by atoms with Gasteiger partial charge in [-0.2, -0.15) is 4.31 Å². The number of benzene rings is 2. The fourth-order valence-electron chi connectivity index (χ4n) is 3.67. The molecule has 3 aromatic rings. The molecule has 0 spiro atoms. The lowest BCUT2D eigenvalue weighted by molar-refractivity contribution is 0.102. The summed E-state index contributed by atoms with van der Waals surface area (Å²) in [4.78, 5) is 12.7. The maximum absolute atomic E-state index is 12.7. The maximum atomic E-state index is 12.7. The third-order valence-corrected chi connectivity index (χ3v) is 7.60. The molecular formula is C23H26N4O4S. The summed E-state index contributed by atoms with van der Waals surface area (Å²) in [7, 11) is -3.53. The van der Waals surface area contributed by atoms with E-state index in [0.717, 1.165) is 24.8 Å². The molecule has 32 heavy (non-hydrogen) atoms. The fraction of sp³-hybridized carbons (Fsp3) is 0.348. The van der Waals surface area contributed by atoms with Crippen molar-refractivity contribution in [1.82, 2.24) is 14.5 Å². The molecule has 168 valence electrons. The topological polar surface area (TPSA) is 105 Å². The molecule has 0 aliphatic carbocycles. The van der Waals surface area contributed by atoms with E-state index in [-0.39, 0.29) is 10.9 Å². The van der Waals surface area contributed by atoms with Crippen molar-refractivity contribution < 1.29 is 17.6 Å². The fourth-order valence-corrected chi connectivity index (χ4v) is 5.18. The summed E-state index contributed by atoms with van der Waals surface area (Å²) in [5.74, 6) is -0.0557. The van der Waals surface area contributed by atoms with E-state index in [2.05, 4.69) is 28.5 Å². The Bertz CT molecular complexity index is 1210. The first-order valence-corrected chi connectivity index (χ1v) is 12.1. The molecule has 0 unspecified atom stereocenters. The van der Waals surface area contributed by atoms with Crippen molar-refractivity contribution in [2.45, 2.75) is 44.4 Å². The molecule has 1 aromatic heterocycles. The number of nitrogens with zero attached hydrogens (tertiary/aromatic N) is 3. The lowest BCUT2D eigenvalue weighted by Gasteiger charge is -2.25. The second kappa shape index (κ2) is 9.22. The molecule has 1 aliphatic heterocycles. The summed E-state index contributed by atoms with van der Waals surface area (Å²) in [6, 6.07) is 12.0. The van der Waals surface area contributed by atoms with Crippen molar-refractivity contribution in [2.24, 2.45) is 0 Å². The first-order chi connectivity index (χ1) is 15.3. The zero-order valence-corrected chi connectivity index (χ0v) is 19.0. The number of aromatic nitrogens is 2. The highest BCUT2D eigenvalue weighted by molar-refractivity contribution is 7.89. The van der Waals surface area contributed by atoms with E-state index in [1.807, 2.05) is 19.1 Å². The predicted molar refractivity (Wildman–Crippen MR) is 120 cm³/mol. The number of anilines is 1. The number of sulfonamides is 1. The van der Waals surface area contributed by atoms with E-state index in [4.69, 9.17) is 4.42 Å². The van der Waals surface area contributed by atoms with Gasteiger partial charge in [0.05, 0.1) is 11.3 Å². The SMILES string of the molecule is Cc1ccc(Cc2nnc(NC(=O)c3ccc(S(=O)(=O)N4CCCCC4)cc3)o2)cc1C. The molecule has 1 fully saturated rings. The van der Waals surface area contributed by atoms with Crippen LogP contribution in [0.1, 0.15) is 52.2 Å². The van der Waals surface area contributed by atoms with E-state index >= 15 is 0 Å². The van der Waals surface area contributed by atoms with Crippen LogP contribution in [0.3, 0.4) is 0 Å². The van der Waals surface area contributed by atoms with Gasteiger partial charge < -0.3 is 4.42 Å². The van der Waals surface area contributed by atoms with Crippen molar-refractivity contribution in [3.8, 4) is 0 Å². The molecule has 2 heterocycles. The Hall–Kier alpha value is -3.04. The Morgan fingerprint density at radius 2 is 1.72 bits per heavy atom. The minimum Gasteiger partial charge on any atom is -0.407 e. The highest BCUT2D eigenvalue weighted by Gasteiger charge is 2.26. The van der Waals surface area contributed by atoms with Crippen LogP contribution in [0, 0.1) is 13.8 Å². The van der Waals surface area contributed by atoms with Crippen LogP contribution in [0.15, 0.2) is 51.8 Å². The second-order valence-electron chi connectivity index (χ2n) is 8.04. The molecule has 1 saturated heterocycles. The van der Waals surface area contributed by atoms with Crippen molar-refractivity contribution in [1.29, 1.82) is 0 Å². The summed E-state index contributed by atoms with van der Waals surface area (Å²) in [5.41, 5.74) is 3.74. The van der Waals surface area contributed by atoms with Crippen LogP contribution < -0.4 is 5.32 Å². The van der Waals surface area contributed by atoms with Crippen molar-refractivity contribution in [3.05, 3.63) is 70.6 Å². The molecule has 2 aromatic carbocycles. The number of nitrogens with one attached hydrogen (secondary N) is 1. The molecule has 0 atom stereocenters. The number of rotatable bonds is 6. The zero-order chi connectivity index (χ0) is 22.7. The first kappa shape index (κ1) is 22.2. The van der Waals surface area contributed by atoms with E-state index < -0.39 is 15.9 Å². The molecule has 0 saturated carbocycles. The van der Waals surface area contributed by atoms with Crippen LogP contribution in [-0.2, 0) is 16.4 Å². The summed E-state index contributed by atoms with van der Waals surface area (Å²) in [6.07, 6.45) is 3.26. The van der Waals surface area contributed by atoms with Crippen LogP contribution in [0.25, 0.3) is 0 Å². The number of hydrogen-bond donors (Lipinski definition) is 1. The molecule has 0 radical (unpaired) electrons. The van der Waals surface area contributed by atoms with Gasteiger partial charge in [0.15, 0.2) is 0 Å². The molecule has 1 aliphatic rings. The standard InChI is InChI=1S/C23H26N4O4S/c1-16-6-7-18(14-17(16)2)15-21-25-26-23(31-21)24-22(28)19-8-10-20(11-9-19)32(29,30)27-12-4-3-5-13-27/h6-11,14H,3-5,12-13,15H2,1-2H3,(H,24,26,28). The Labute approximate surface area is 187 Å². The highest BCUT2D eigenvalue weighted by atomic mass is 32.2. The molecule has 4 rings (SSSR count). The zero-order valence-electron chi connectivity index (χ0n) is 18.2. The van der Waals surface area contributed by atoms with E-state index in [0.29, 0.717) is 31.0 Å². The van der Waals surface area contributed by atoms with Gasteiger partial charge in [0, 0.05) is 18.7 Å². The van der Waals surface area contributed by atoms with Gasteiger partial charge in [0.2, 0.25) is 15.9 Å². The third kappa shape index (κ3) is 4.89. The van der Waals surface area contributed by atoms with E-state index in [1.165, 1.54) is 39.7 Å². The van der Waals surface area contributed by atoms with E-state index in [9.17, 15) is 13.2 Å². The average molecular weight is 455 g/mol. The van der Waals surface area contributed by atoms with Gasteiger partial charge in [-0.1, -0.05) is 29.7 Å². The maximum Gasteiger partial charge on any atom is 0.322 e. The van der Waals surface area contributed by atoms with Gasteiger partial charge in [-0.3, -0.25) is 10.1 Å². The Morgan fingerprint density at radius 1 is 1.00 bits per heavy atom. The summed E-state index contributed by atoms with van der Waals surface area (Å²) < 4.78 is 32.5. The number of piperidine rings is 1. The van der Waals surface area contributed by atoms with Gasteiger partial charge in [-0.05, 0) is 67.6 Å². The molecule has 9 heteroatoms. The van der Waals surface area contributed by atoms with Crippen LogP contribution in [0.2, 0.25) is 0 Å². The first-order valence-electron chi connectivity index (χ1n) is 10.6. The highest BCUT2D eigenvalue weighted by Crippen LogP contribution is 2.21. The summed E-state index contributed by atoms with van der Waals surface area (Å²) >= 11 is 0. The third-order valence-electron chi connectivity index (χ3n) is 5.68. The van der Waals surface area contributed by atoms with Crippen molar-refractivity contribution in [2.75, 3.05) is 18.4 Å². The van der Waals surface area contributed by atoms with Crippen LogP contribution >= 0.6 is 0 Å². The van der Waals surface area contributed by atoms with Gasteiger partial charge in [-0.15, -0.1) is 5.10 Å². The lowest BCUT2D eigenvalue weighted by Crippen LogP contribution is -2.35. The number of carbonyl (C=O) groups excluding carboxylic acids is 1. The number of carbonyl (C=O) groups is 1.